The summed E-state index contributed by atoms with van der Waals surface area (Å²) in [6.45, 7) is 5.25. The van der Waals surface area contributed by atoms with E-state index in [1.165, 1.54) is 44.3 Å². The van der Waals surface area contributed by atoms with Crippen LogP contribution in [0.4, 0.5) is 17.1 Å². The first-order valence-corrected chi connectivity index (χ1v) is 20.3. The van der Waals surface area contributed by atoms with Gasteiger partial charge in [0.1, 0.15) is 12.0 Å². The van der Waals surface area contributed by atoms with Crippen LogP contribution in [0.5, 0.6) is 0 Å². The van der Waals surface area contributed by atoms with Crippen LogP contribution in [0.1, 0.15) is 47.8 Å². The minimum Gasteiger partial charge on any atom is -0.351 e. The van der Waals surface area contributed by atoms with Crippen molar-refractivity contribution in [2.45, 2.75) is 32.0 Å². The van der Waals surface area contributed by atoms with Gasteiger partial charge in [0, 0.05) is 33.1 Å². The molecule has 0 saturated heterocycles. The fourth-order valence-corrected chi connectivity index (χ4v) is 8.31. The molecule has 288 valence electrons. The number of rotatable bonds is 7. The Bertz CT molecular complexity index is 2820. The third-order valence-electron chi connectivity index (χ3n) is 11.3. The van der Waals surface area contributed by atoms with Crippen molar-refractivity contribution in [3.05, 3.63) is 240 Å². The number of nitrogens with zero attached hydrogens (tertiary/aromatic N) is 3. The molecule has 1 unspecified atom stereocenters. The number of fused-ring (bicyclic) bond motifs is 5. The molecule has 1 aliphatic heterocycles. The third-order valence-corrected chi connectivity index (χ3v) is 11.3. The molecule has 3 N–H and O–H groups in total. The summed E-state index contributed by atoms with van der Waals surface area (Å²) in [7, 11) is 0. The van der Waals surface area contributed by atoms with Crippen LogP contribution < -0.4 is 16.0 Å². The summed E-state index contributed by atoms with van der Waals surface area (Å²) in [4.78, 5) is 7.48. The van der Waals surface area contributed by atoms with Gasteiger partial charge in [-0.15, -0.1) is 0 Å². The molecular weight excluding hydrogens is 719 g/mol. The fourth-order valence-electron chi connectivity index (χ4n) is 8.31. The molecule has 9 aromatic rings. The first-order valence-electron chi connectivity index (χ1n) is 20.3. The molecule has 0 aliphatic carbocycles. The Morgan fingerprint density at radius 2 is 1.12 bits per heavy atom. The van der Waals surface area contributed by atoms with Crippen molar-refractivity contribution in [2.24, 2.45) is 10.7 Å². The highest BCUT2D eigenvalue weighted by atomic mass is 15.2. The predicted molar refractivity (Wildman–Crippen MR) is 247 cm³/mol. The molecule has 5 heteroatoms. The smallest absolute Gasteiger partial charge is 0.130 e. The normalized spacial score (nSPS) is 13.5. The Kier molecular flexibility index (Phi) is 10.3. The van der Waals surface area contributed by atoms with Gasteiger partial charge in [-0.25, -0.2) is 0 Å². The Morgan fingerprint density at radius 1 is 0.542 bits per heavy atom. The van der Waals surface area contributed by atoms with E-state index in [-0.39, 0.29) is 5.41 Å². The van der Waals surface area contributed by atoms with Gasteiger partial charge >= 0.3 is 0 Å². The molecule has 1 atom stereocenters. The largest absolute Gasteiger partial charge is 0.351 e. The van der Waals surface area contributed by atoms with E-state index in [1.807, 2.05) is 84.9 Å². The average Bonchev–Trinajstić information content (AvgIpc) is 3.62. The minimum absolute atomic E-state index is 0.218. The Labute approximate surface area is 346 Å². The second-order valence-electron chi connectivity index (χ2n) is 15.4. The molecule has 0 saturated carbocycles. The van der Waals surface area contributed by atoms with Gasteiger partial charge in [-0.2, -0.15) is 0 Å². The van der Waals surface area contributed by atoms with Crippen molar-refractivity contribution in [1.29, 1.82) is 0 Å². The molecule has 8 aromatic carbocycles. The molecule has 1 aliphatic rings. The highest BCUT2D eigenvalue weighted by Crippen LogP contribution is 2.53. The highest BCUT2D eigenvalue weighted by molar-refractivity contribution is 6.12. The number of benzene rings is 8. The van der Waals surface area contributed by atoms with Crippen LogP contribution in [0.2, 0.25) is 0 Å². The average molecular weight is 766 g/mol. The summed E-state index contributed by atoms with van der Waals surface area (Å²) in [6, 6.07) is 74.2. The number of hydrogen-bond acceptors (Lipinski definition) is 3. The molecule has 1 aromatic heterocycles. The van der Waals surface area contributed by atoms with Gasteiger partial charge in [0.25, 0.3) is 0 Å². The Hall–Kier alpha value is -7.21. The lowest BCUT2D eigenvalue weighted by Gasteiger charge is -2.42. The molecule has 2 heterocycles. The van der Waals surface area contributed by atoms with Crippen molar-refractivity contribution in [3.63, 3.8) is 0 Å². The molecule has 10 rings (SSSR count). The summed E-state index contributed by atoms with van der Waals surface area (Å²) in [6.07, 6.45) is -0.405. The van der Waals surface area contributed by atoms with Crippen molar-refractivity contribution in [2.75, 3.05) is 4.90 Å². The van der Waals surface area contributed by atoms with Gasteiger partial charge in [-0.1, -0.05) is 166 Å². The summed E-state index contributed by atoms with van der Waals surface area (Å²) in [5.74, 6) is 0.759. The number of amidine groups is 1. The lowest BCUT2D eigenvalue weighted by molar-refractivity contribution is 0.632. The molecule has 0 fully saturated rings. The number of nitrogens with one attached hydrogen (secondary N) is 1. The van der Waals surface area contributed by atoms with E-state index in [1.54, 1.807) is 0 Å². The van der Waals surface area contributed by atoms with Crippen molar-refractivity contribution in [1.82, 2.24) is 9.88 Å². The minimum atomic E-state index is -0.405. The van der Waals surface area contributed by atoms with E-state index in [0.717, 1.165) is 33.9 Å². The highest BCUT2D eigenvalue weighted by Gasteiger charge is 2.37. The SMILES string of the molecule is CC1(C)c2ccccc2N(c2ccccc2)c2cc3c4ccccc4n(-c4ccc(C(=NCc5ccccc5)NC(N)c5ccccc5)cc4)c3cc21.c1ccccc1. The number of nitrogens with two attached hydrogens (primary N) is 1. The molecule has 0 amide bonds. The number of aliphatic imine (C=N–C) groups is 1. The maximum absolute atomic E-state index is 6.69. The molecule has 0 spiro atoms. The van der Waals surface area contributed by atoms with Crippen LogP contribution >= 0.6 is 0 Å². The maximum atomic E-state index is 6.69. The second-order valence-corrected chi connectivity index (χ2v) is 15.4. The monoisotopic (exact) mass is 765 g/mol. The predicted octanol–water partition coefficient (Wildman–Crippen LogP) is 12.8. The van der Waals surface area contributed by atoms with Crippen LogP contribution in [0.15, 0.2) is 217 Å². The zero-order chi connectivity index (χ0) is 40.2. The van der Waals surface area contributed by atoms with Gasteiger partial charge < -0.3 is 20.5 Å². The number of anilines is 3. The van der Waals surface area contributed by atoms with Crippen LogP contribution in [0.3, 0.4) is 0 Å². The van der Waals surface area contributed by atoms with Crippen molar-refractivity contribution >= 4 is 44.7 Å². The third kappa shape index (κ3) is 7.40. The molecule has 59 heavy (non-hydrogen) atoms. The quantitative estimate of drug-likeness (QED) is 0.0965. The summed E-state index contributed by atoms with van der Waals surface area (Å²) in [5.41, 5.74) is 19.2. The van der Waals surface area contributed by atoms with E-state index in [2.05, 4.69) is 156 Å². The van der Waals surface area contributed by atoms with Gasteiger partial charge in [-0.05, 0) is 82.9 Å². The maximum Gasteiger partial charge on any atom is 0.130 e. The topological polar surface area (TPSA) is 58.6 Å². The summed E-state index contributed by atoms with van der Waals surface area (Å²) >= 11 is 0. The fraction of sp³-hybridized carbons (Fsp3) is 0.0926. The van der Waals surface area contributed by atoms with Crippen LogP contribution in [-0.2, 0) is 12.0 Å². The first-order chi connectivity index (χ1) is 29.0. The number of aromatic nitrogens is 1. The number of hydrogen-bond donors (Lipinski definition) is 2. The van der Waals surface area contributed by atoms with Gasteiger partial charge in [0.2, 0.25) is 0 Å². The van der Waals surface area contributed by atoms with Crippen LogP contribution in [0.25, 0.3) is 27.5 Å². The molecule has 5 nitrogen and oxygen atoms in total. The van der Waals surface area contributed by atoms with E-state index in [0.29, 0.717) is 6.54 Å². The Balaban J connectivity index is 0.000000689. The van der Waals surface area contributed by atoms with E-state index >= 15 is 0 Å². The van der Waals surface area contributed by atoms with Crippen molar-refractivity contribution in [3.8, 4) is 5.69 Å². The zero-order valence-electron chi connectivity index (χ0n) is 33.4. The molecular formula is C54H47N5. The van der Waals surface area contributed by atoms with Crippen LogP contribution in [-0.4, -0.2) is 10.4 Å². The summed E-state index contributed by atoms with van der Waals surface area (Å²) < 4.78 is 2.40. The van der Waals surface area contributed by atoms with Crippen molar-refractivity contribution < 1.29 is 0 Å². The molecule has 0 radical (unpaired) electrons. The van der Waals surface area contributed by atoms with E-state index in [4.69, 9.17) is 10.7 Å². The second kappa shape index (κ2) is 16.3. The lowest BCUT2D eigenvalue weighted by atomic mass is 9.73. The lowest BCUT2D eigenvalue weighted by Crippen LogP contribution is -2.34. The van der Waals surface area contributed by atoms with E-state index < -0.39 is 6.17 Å². The number of para-hydroxylation sites is 3. The Morgan fingerprint density at radius 3 is 1.81 bits per heavy atom. The zero-order valence-corrected chi connectivity index (χ0v) is 33.4. The van der Waals surface area contributed by atoms with Gasteiger partial charge in [-0.3, -0.25) is 4.99 Å². The van der Waals surface area contributed by atoms with Gasteiger partial charge in [0.05, 0.1) is 29.0 Å². The first kappa shape index (κ1) is 37.4. The standard InChI is InChI=1S/C48H41N5.C6H6/c1-48(2)40-23-13-15-25-43(40)53(36-20-10-5-11-21-36)45-30-39-38-22-12-14-24-42(38)52(44(39)31-41(45)48)37-28-26-35(27-29-37)47(50-32-33-16-6-3-7-17-33)51-46(49)34-18-8-4-9-19-34;1-2-4-6-5-3-1/h3-31,46H,32,49H2,1-2H3,(H,50,51);1-6H. The summed E-state index contributed by atoms with van der Waals surface area (Å²) in [5, 5.41) is 5.96. The molecule has 0 bridgehead atoms. The van der Waals surface area contributed by atoms with Crippen LogP contribution in [0, 0.1) is 0 Å². The van der Waals surface area contributed by atoms with E-state index in [9.17, 15) is 0 Å². The van der Waals surface area contributed by atoms with Gasteiger partial charge in [0.15, 0.2) is 0 Å².